The third-order valence-electron chi connectivity index (χ3n) is 4.49. The van der Waals surface area contributed by atoms with E-state index in [0.29, 0.717) is 30.2 Å². The molecule has 0 radical (unpaired) electrons. The first kappa shape index (κ1) is 17.0. The minimum Gasteiger partial charge on any atom is -0.454 e. The first-order valence-electron chi connectivity index (χ1n) is 7.91. The summed E-state index contributed by atoms with van der Waals surface area (Å²) in [5, 5.41) is 0. The van der Waals surface area contributed by atoms with Gasteiger partial charge in [-0.2, -0.15) is 0 Å². The normalized spacial score (nSPS) is 23.1. The van der Waals surface area contributed by atoms with Crippen LogP contribution in [0, 0.1) is 11.8 Å². The van der Waals surface area contributed by atoms with Crippen LogP contribution in [-0.4, -0.2) is 51.4 Å². The SMILES string of the molecule is CC(C)[C@H]1CN(C(=O)c2ccc3c(c2)OCO3)C[C@@H]1NS(C)(=O)=O. The summed E-state index contributed by atoms with van der Waals surface area (Å²) in [5.74, 6) is 1.41. The number of rotatable bonds is 4. The van der Waals surface area contributed by atoms with Gasteiger partial charge in [0.15, 0.2) is 11.5 Å². The molecule has 2 heterocycles. The lowest BCUT2D eigenvalue weighted by molar-refractivity contribution is 0.0782. The highest BCUT2D eigenvalue weighted by molar-refractivity contribution is 7.88. The predicted molar refractivity (Wildman–Crippen MR) is 88.6 cm³/mol. The average molecular weight is 354 g/mol. The van der Waals surface area contributed by atoms with Gasteiger partial charge in [-0.05, 0) is 30.0 Å². The molecule has 7 nitrogen and oxygen atoms in total. The number of sulfonamides is 1. The lowest BCUT2D eigenvalue weighted by Crippen LogP contribution is -2.41. The number of ether oxygens (including phenoxy) is 2. The molecule has 0 saturated carbocycles. The number of hydrogen-bond donors (Lipinski definition) is 1. The standard InChI is InChI=1S/C16H22N2O5S/c1-10(2)12-7-18(8-13(12)17-24(3,20)21)16(19)11-4-5-14-15(6-11)23-9-22-14/h4-6,10,12-13,17H,7-9H2,1-3H3/t12-,13+/m1/s1. The van der Waals surface area contributed by atoms with E-state index in [1.807, 2.05) is 13.8 Å². The molecule has 0 aliphatic carbocycles. The molecular formula is C16H22N2O5S. The quantitative estimate of drug-likeness (QED) is 0.874. The molecule has 24 heavy (non-hydrogen) atoms. The minimum absolute atomic E-state index is 0.0812. The van der Waals surface area contributed by atoms with Gasteiger partial charge in [0.2, 0.25) is 16.8 Å². The monoisotopic (exact) mass is 354 g/mol. The summed E-state index contributed by atoms with van der Waals surface area (Å²) >= 11 is 0. The second-order valence-corrected chi connectivity index (χ2v) is 8.46. The van der Waals surface area contributed by atoms with Crippen LogP contribution in [0.2, 0.25) is 0 Å². The lowest BCUT2D eigenvalue weighted by atomic mass is 9.92. The average Bonchev–Trinajstić information content (AvgIpc) is 3.10. The van der Waals surface area contributed by atoms with Crippen LogP contribution in [0.4, 0.5) is 0 Å². The molecule has 8 heteroatoms. The Bertz CT molecular complexity index is 747. The molecule has 1 N–H and O–H groups in total. The van der Waals surface area contributed by atoms with E-state index in [9.17, 15) is 13.2 Å². The molecule has 1 aromatic carbocycles. The topological polar surface area (TPSA) is 84.9 Å². The van der Waals surface area contributed by atoms with Gasteiger partial charge in [0.05, 0.1) is 6.26 Å². The molecule has 0 aromatic heterocycles. The molecule has 1 amide bonds. The van der Waals surface area contributed by atoms with Crippen molar-refractivity contribution in [1.29, 1.82) is 0 Å². The second-order valence-electron chi connectivity index (χ2n) is 6.68. The van der Waals surface area contributed by atoms with E-state index in [2.05, 4.69) is 4.72 Å². The summed E-state index contributed by atoms with van der Waals surface area (Å²) in [7, 11) is -3.32. The van der Waals surface area contributed by atoms with Gasteiger partial charge < -0.3 is 14.4 Å². The molecule has 132 valence electrons. The highest BCUT2D eigenvalue weighted by Crippen LogP contribution is 2.33. The van der Waals surface area contributed by atoms with Crippen molar-refractivity contribution in [2.24, 2.45) is 11.8 Å². The molecule has 0 spiro atoms. The molecule has 1 fully saturated rings. The van der Waals surface area contributed by atoms with Crippen molar-refractivity contribution in [1.82, 2.24) is 9.62 Å². The van der Waals surface area contributed by atoms with Crippen LogP contribution in [0.3, 0.4) is 0 Å². The van der Waals surface area contributed by atoms with Crippen LogP contribution in [0.25, 0.3) is 0 Å². The van der Waals surface area contributed by atoms with Gasteiger partial charge in [0.25, 0.3) is 5.91 Å². The third kappa shape index (κ3) is 3.49. The fourth-order valence-corrected chi connectivity index (χ4v) is 4.08. The number of hydrogen-bond acceptors (Lipinski definition) is 5. The maximum absolute atomic E-state index is 12.8. The largest absolute Gasteiger partial charge is 0.454 e. The molecule has 0 unspecified atom stereocenters. The maximum Gasteiger partial charge on any atom is 0.254 e. The van der Waals surface area contributed by atoms with E-state index in [0.717, 1.165) is 6.26 Å². The number of carbonyl (C=O) groups is 1. The number of nitrogens with one attached hydrogen (secondary N) is 1. The molecular weight excluding hydrogens is 332 g/mol. The van der Waals surface area contributed by atoms with Crippen molar-refractivity contribution < 1.29 is 22.7 Å². The third-order valence-corrected chi connectivity index (χ3v) is 5.22. The Hall–Kier alpha value is -1.80. The molecule has 1 saturated heterocycles. The Morgan fingerprint density at radius 3 is 2.62 bits per heavy atom. The molecule has 0 bridgehead atoms. The molecule has 2 atom stereocenters. The van der Waals surface area contributed by atoms with Gasteiger partial charge in [-0.25, -0.2) is 13.1 Å². The highest BCUT2D eigenvalue weighted by atomic mass is 32.2. The van der Waals surface area contributed by atoms with Gasteiger partial charge in [-0.1, -0.05) is 13.8 Å². The highest BCUT2D eigenvalue weighted by Gasteiger charge is 2.38. The van der Waals surface area contributed by atoms with Crippen LogP contribution >= 0.6 is 0 Å². The molecule has 2 aliphatic heterocycles. The van der Waals surface area contributed by atoms with E-state index in [1.54, 1.807) is 23.1 Å². The summed E-state index contributed by atoms with van der Waals surface area (Å²) in [6.07, 6.45) is 1.15. The smallest absolute Gasteiger partial charge is 0.254 e. The fourth-order valence-electron chi connectivity index (χ4n) is 3.28. The Labute approximate surface area is 142 Å². The van der Waals surface area contributed by atoms with Crippen molar-refractivity contribution in [2.75, 3.05) is 26.1 Å². The Kier molecular flexibility index (Phi) is 4.44. The summed E-state index contributed by atoms with van der Waals surface area (Å²) in [4.78, 5) is 14.5. The van der Waals surface area contributed by atoms with E-state index in [4.69, 9.17) is 9.47 Å². The number of likely N-dealkylation sites (tertiary alicyclic amines) is 1. The van der Waals surface area contributed by atoms with Crippen LogP contribution < -0.4 is 14.2 Å². The first-order chi connectivity index (χ1) is 11.2. The van der Waals surface area contributed by atoms with Gasteiger partial charge >= 0.3 is 0 Å². The van der Waals surface area contributed by atoms with Crippen molar-refractivity contribution in [3.8, 4) is 11.5 Å². The number of nitrogens with zero attached hydrogens (tertiary/aromatic N) is 1. The van der Waals surface area contributed by atoms with Gasteiger partial charge in [-0.3, -0.25) is 4.79 Å². The van der Waals surface area contributed by atoms with Gasteiger partial charge in [-0.15, -0.1) is 0 Å². The van der Waals surface area contributed by atoms with Crippen molar-refractivity contribution in [3.63, 3.8) is 0 Å². The van der Waals surface area contributed by atoms with E-state index in [1.165, 1.54) is 0 Å². The number of benzene rings is 1. The first-order valence-corrected chi connectivity index (χ1v) is 9.80. The number of amides is 1. The lowest BCUT2D eigenvalue weighted by Gasteiger charge is -2.21. The fraction of sp³-hybridized carbons (Fsp3) is 0.562. The van der Waals surface area contributed by atoms with E-state index >= 15 is 0 Å². The van der Waals surface area contributed by atoms with Crippen molar-refractivity contribution in [2.45, 2.75) is 19.9 Å². The Morgan fingerprint density at radius 2 is 1.96 bits per heavy atom. The molecule has 3 rings (SSSR count). The molecule has 2 aliphatic rings. The van der Waals surface area contributed by atoms with Crippen molar-refractivity contribution >= 4 is 15.9 Å². The number of fused-ring (bicyclic) bond motifs is 1. The van der Waals surface area contributed by atoms with E-state index in [-0.39, 0.29) is 30.6 Å². The summed E-state index contributed by atoms with van der Waals surface area (Å²) in [5.41, 5.74) is 0.516. The number of carbonyl (C=O) groups excluding carboxylic acids is 1. The van der Waals surface area contributed by atoms with Crippen LogP contribution in [0.15, 0.2) is 18.2 Å². The zero-order chi connectivity index (χ0) is 17.5. The summed E-state index contributed by atoms with van der Waals surface area (Å²) in [6, 6.07) is 4.83. The van der Waals surface area contributed by atoms with E-state index < -0.39 is 10.0 Å². The van der Waals surface area contributed by atoms with Crippen LogP contribution in [-0.2, 0) is 10.0 Å². The molecule has 1 aromatic rings. The second kappa shape index (κ2) is 6.25. The predicted octanol–water partition coefficient (Wildman–Crippen LogP) is 1.06. The summed E-state index contributed by atoms with van der Waals surface area (Å²) in [6.45, 7) is 5.13. The maximum atomic E-state index is 12.8. The minimum atomic E-state index is -3.32. The summed E-state index contributed by atoms with van der Waals surface area (Å²) < 4.78 is 36.4. The Balaban J connectivity index is 1.78. The van der Waals surface area contributed by atoms with Crippen LogP contribution in [0.5, 0.6) is 11.5 Å². The Morgan fingerprint density at radius 1 is 1.25 bits per heavy atom. The zero-order valence-electron chi connectivity index (χ0n) is 14.0. The van der Waals surface area contributed by atoms with Crippen molar-refractivity contribution in [3.05, 3.63) is 23.8 Å². The van der Waals surface area contributed by atoms with Gasteiger partial charge in [0, 0.05) is 24.7 Å². The zero-order valence-corrected chi connectivity index (χ0v) is 14.8. The van der Waals surface area contributed by atoms with Gasteiger partial charge in [0.1, 0.15) is 0 Å². The van der Waals surface area contributed by atoms with Crippen LogP contribution in [0.1, 0.15) is 24.2 Å².